The molecule has 2 aromatic carbocycles. The van der Waals surface area contributed by atoms with Crippen LogP contribution in [-0.4, -0.2) is 47.0 Å². The molecule has 1 aliphatic heterocycles. The van der Waals surface area contributed by atoms with Crippen LogP contribution in [0.1, 0.15) is 16.2 Å². The van der Waals surface area contributed by atoms with Crippen LogP contribution >= 0.6 is 0 Å². The third-order valence-electron chi connectivity index (χ3n) is 4.76. The molecule has 0 radical (unpaired) electrons. The minimum atomic E-state index is -0.160. The number of carbonyl (C=O) groups excluding carboxylic acids is 1. The Morgan fingerprint density at radius 3 is 2.46 bits per heavy atom. The van der Waals surface area contributed by atoms with E-state index < -0.39 is 0 Å². The van der Waals surface area contributed by atoms with Crippen molar-refractivity contribution in [2.75, 3.05) is 36.8 Å². The average molecular weight is 347 g/mol. The Morgan fingerprint density at radius 1 is 1.00 bits per heavy atom. The van der Waals surface area contributed by atoms with E-state index in [0.29, 0.717) is 24.4 Å². The number of benzene rings is 2. The highest BCUT2D eigenvalue weighted by Crippen LogP contribution is 2.21. The third kappa shape index (κ3) is 3.06. The minimum absolute atomic E-state index is 0.160. The average Bonchev–Trinajstić information content (AvgIpc) is 2.68. The van der Waals surface area contributed by atoms with Gasteiger partial charge < -0.3 is 15.5 Å². The first-order valence-corrected chi connectivity index (χ1v) is 8.75. The molecular formula is C20H21N5O. The van der Waals surface area contributed by atoms with Crippen LogP contribution in [0, 0.1) is 6.92 Å². The number of piperazine rings is 1. The molecule has 0 bridgehead atoms. The standard InChI is InChI=1S/C20H21N5O/c1-14-7-8-17-16(13-14)18(21)23-19(22-17)20(26)25-11-9-24(10-12-25)15-5-3-2-4-6-15/h2-8,13H,9-12H2,1H3,(H2,21,22,23). The van der Waals surface area contributed by atoms with Crippen molar-refractivity contribution < 1.29 is 4.79 Å². The summed E-state index contributed by atoms with van der Waals surface area (Å²) in [5.74, 6) is 0.365. The number of nitrogens with two attached hydrogens (primary N) is 1. The lowest BCUT2D eigenvalue weighted by Gasteiger charge is -2.35. The lowest BCUT2D eigenvalue weighted by Crippen LogP contribution is -2.49. The zero-order valence-electron chi connectivity index (χ0n) is 14.7. The number of hydrogen-bond donors (Lipinski definition) is 1. The Hall–Kier alpha value is -3.15. The first-order valence-electron chi connectivity index (χ1n) is 8.75. The number of aromatic nitrogens is 2. The van der Waals surface area contributed by atoms with Crippen molar-refractivity contribution in [2.24, 2.45) is 0 Å². The molecule has 2 heterocycles. The number of rotatable bonds is 2. The summed E-state index contributed by atoms with van der Waals surface area (Å²) in [5.41, 5.74) is 9.03. The number of anilines is 2. The fourth-order valence-electron chi connectivity index (χ4n) is 3.31. The molecule has 0 aliphatic carbocycles. The van der Waals surface area contributed by atoms with E-state index in [1.165, 1.54) is 5.69 Å². The number of amides is 1. The van der Waals surface area contributed by atoms with Gasteiger partial charge in [0.1, 0.15) is 5.82 Å². The maximum Gasteiger partial charge on any atom is 0.291 e. The predicted molar refractivity (Wildman–Crippen MR) is 103 cm³/mol. The van der Waals surface area contributed by atoms with Crippen LogP contribution in [0.4, 0.5) is 11.5 Å². The molecule has 1 saturated heterocycles. The smallest absolute Gasteiger partial charge is 0.291 e. The molecule has 0 spiro atoms. The van der Waals surface area contributed by atoms with Gasteiger partial charge in [0.2, 0.25) is 5.82 Å². The van der Waals surface area contributed by atoms with E-state index in [1.54, 1.807) is 4.90 Å². The van der Waals surface area contributed by atoms with E-state index >= 15 is 0 Å². The third-order valence-corrected chi connectivity index (χ3v) is 4.76. The van der Waals surface area contributed by atoms with Gasteiger partial charge in [0.25, 0.3) is 5.91 Å². The monoisotopic (exact) mass is 347 g/mol. The summed E-state index contributed by atoms with van der Waals surface area (Å²) in [6.07, 6.45) is 0. The summed E-state index contributed by atoms with van der Waals surface area (Å²) in [6.45, 7) is 4.85. The Morgan fingerprint density at radius 2 is 1.73 bits per heavy atom. The van der Waals surface area contributed by atoms with Crippen LogP contribution < -0.4 is 10.6 Å². The van der Waals surface area contributed by atoms with E-state index in [0.717, 1.165) is 24.0 Å². The maximum absolute atomic E-state index is 12.8. The lowest BCUT2D eigenvalue weighted by atomic mass is 10.1. The summed E-state index contributed by atoms with van der Waals surface area (Å²) >= 11 is 0. The SMILES string of the molecule is Cc1ccc2nc(C(=O)N3CCN(c4ccccc4)CC3)nc(N)c2c1. The van der Waals surface area contributed by atoms with Gasteiger partial charge in [-0.3, -0.25) is 4.79 Å². The number of para-hydroxylation sites is 1. The van der Waals surface area contributed by atoms with Gasteiger partial charge in [-0.05, 0) is 31.2 Å². The number of aryl methyl sites for hydroxylation is 1. The molecule has 1 aliphatic rings. The van der Waals surface area contributed by atoms with Crippen molar-refractivity contribution in [1.29, 1.82) is 0 Å². The second-order valence-corrected chi connectivity index (χ2v) is 6.57. The molecule has 1 amide bonds. The van der Waals surface area contributed by atoms with Gasteiger partial charge in [-0.1, -0.05) is 29.8 Å². The first-order chi connectivity index (χ1) is 12.6. The lowest BCUT2D eigenvalue weighted by molar-refractivity contribution is 0.0735. The summed E-state index contributed by atoms with van der Waals surface area (Å²) in [5, 5.41) is 0.787. The predicted octanol–water partition coefficient (Wildman–Crippen LogP) is 2.48. The first kappa shape index (κ1) is 16.3. The van der Waals surface area contributed by atoms with Gasteiger partial charge in [0.15, 0.2) is 0 Å². The number of nitrogen functional groups attached to an aromatic ring is 1. The Bertz CT molecular complexity index is 949. The zero-order chi connectivity index (χ0) is 18.1. The van der Waals surface area contributed by atoms with E-state index in [-0.39, 0.29) is 11.7 Å². The number of nitrogens with zero attached hydrogens (tertiary/aromatic N) is 4. The number of hydrogen-bond acceptors (Lipinski definition) is 5. The number of fused-ring (bicyclic) bond motifs is 1. The van der Waals surface area contributed by atoms with Crippen molar-refractivity contribution in [1.82, 2.24) is 14.9 Å². The van der Waals surface area contributed by atoms with Crippen molar-refractivity contribution in [3.63, 3.8) is 0 Å². The van der Waals surface area contributed by atoms with Crippen LogP contribution in [0.3, 0.4) is 0 Å². The van der Waals surface area contributed by atoms with Crippen LogP contribution in [0.15, 0.2) is 48.5 Å². The van der Waals surface area contributed by atoms with Crippen LogP contribution in [0.5, 0.6) is 0 Å². The molecule has 0 atom stereocenters. The van der Waals surface area contributed by atoms with Crippen LogP contribution in [0.2, 0.25) is 0 Å². The molecule has 1 aromatic heterocycles. The zero-order valence-corrected chi connectivity index (χ0v) is 14.7. The summed E-state index contributed by atoms with van der Waals surface area (Å²) in [4.78, 5) is 25.6. The van der Waals surface area contributed by atoms with Crippen molar-refractivity contribution in [3.05, 3.63) is 59.9 Å². The van der Waals surface area contributed by atoms with E-state index in [9.17, 15) is 4.79 Å². The molecule has 6 heteroatoms. The molecule has 6 nitrogen and oxygen atoms in total. The van der Waals surface area contributed by atoms with Gasteiger partial charge in [-0.15, -0.1) is 0 Å². The van der Waals surface area contributed by atoms with Crippen molar-refractivity contribution in [3.8, 4) is 0 Å². The molecule has 0 unspecified atom stereocenters. The molecule has 4 rings (SSSR count). The van der Waals surface area contributed by atoms with Crippen LogP contribution in [0.25, 0.3) is 10.9 Å². The summed E-state index contributed by atoms with van der Waals surface area (Å²) in [7, 11) is 0. The second-order valence-electron chi connectivity index (χ2n) is 6.57. The fraction of sp³-hybridized carbons (Fsp3) is 0.250. The maximum atomic E-state index is 12.8. The molecule has 1 fully saturated rings. The van der Waals surface area contributed by atoms with E-state index in [2.05, 4.69) is 27.0 Å². The highest BCUT2D eigenvalue weighted by atomic mass is 16.2. The second kappa shape index (κ2) is 6.63. The van der Waals surface area contributed by atoms with Gasteiger partial charge in [-0.25, -0.2) is 9.97 Å². The molecule has 3 aromatic rings. The van der Waals surface area contributed by atoms with Crippen molar-refractivity contribution >= 4 is 28.3 Å². The highest BCUT2D eigenvalue weighted by molar-refractivity contribution is 5.96. The summed E-state index contributed by atoms with van der Waals surface area (Å²) in [6, 6.07) is 16.0. The summed E-state index contributed by atoms with van der Waals surface area (Å²) < 4.78 is 0. The van der Waals surface area contributed by atoms with Gasteiger partial charge in [0.05, 0.1) is 5.52 Å². The quantitative estimate of drug-likeness (QED) is 0.771. The molecule has 0 saturated carbocycles. The minimum Gasteiger partial charge on any atom is -0.383 e. The highest BCUT2D eigenvalue weighted by Gasteiger charge is 2.24. The van der Waals surface area contributed by atoms with E-state index in [1.807, 2.05) is 43.3 Å². The Balaban J connectivity index is 1.52. The molecule has 132 valence electrons. The van der Waals surface area contributed by atoms with Gasteiger partial charge in [0, 0.05) is 37.3 Å². The topological polar surface area (TPSA) is 75.4 Å². The number of carbonyl (C=O) groups is 1. The molecular weight excluding hydrogens is 326 g/mol. The largest absolute Gasteiger partial charge is 0.383 e. The fourth-order valence-corrected chi connectivity index (χ4v) is 3.31. The molecule has 26 heavy (non-hydrogen) atoms. The van der Waals surface area contributed by atoms with Crippen molar-refractivity contribution in [2.45, 2.75) is 6.92 Å². The van der Waals surface area contributed by atoms with E-state index in [4.69, 9.17) is 5.73 Å². The Kier molecular flexibility index (Phi) is 4.16. The van der Waals surface area contributed by atoms with Gasteiger partial charge >= 0.3 is 0 Å². The normalized spacial score (nSPS) is 14.7. The van der Waals surface area contributed by atoms with Gasteiger partial charge in [-0.2, -0.15) is 0 Å². The van der Waals surface area contributed by atoms with Crippen LogP contribution in [-0.2, 0) is 0 Å². The Labute approximate surface area is 152 Å². The molecule has 2 N–H and O–H groups in total.